The van der Waals surface area contributed by atoms with Crippen molar-refractivity contribution in [3.8, 4) is 11.5 Å². The summed E-state index contributed by atoms with van der Waals surface area (Å²) in [5.41, 5.74) is 0.965. The normalized spacial score (nSPS) is 18.9. The Kier molecular flexibility index (Phi) is 5.80. The van der Waals surface area contributed by atoms with E-state index in [9.17, 15) is 19.2 Å². The van der Waals surface area contributed by atoms with Crippen LogP contribution in [0.15, 0.2) is 36.4 Å². The Hall–Kier alpha value is -3.88. The first-order valence-electron chi connectivity index (χ1n) is 10.7. The average molecular weight is 451 g/mol. The van der Waals surface area contributed by atoms with Crippen LogP contribution in [0.1, 0.15) is 48.7 Å². The van der Waals surface area contributed by atoms with Crippen LogP contribution < -0.4 is 20.1 Å². The van der Waals surface area contributed by atoms with Gasteiger partial charge >= 0.3 is 6.03 Å². The first-order valence-corrected chi connectivity index (χ1v) is 10.7. The third-order valence-corrected chi connectivity index (χ3v) is 5.81. The molecule has 33 heavy (non-hydrogen) atoms. The van der Waals surface area contributed by atoms with E-state index in [1.807, 2.05) is 24.3 Å². The van der Waals surface area contributed by atoms with Gasteiger partial charge in [-0.25, -0.2) is 4.79 Å². The molecule has 0 spiro atoms. The van der Waals surface area contributed by atoms with E-state index in [0.29, 0.717) is 17.1 Å². The van der Waals surface area contributed by atoms with E-state index >= 15 is 0 Å². The van der Waals surface area contributed by atoms with Crippen molar-refractivity contribution in [2.75, 3.05) is 18.7 Å². The zero-order valence-electron chi connectivity index (χ0n) is 18.7. The maximum absolute atomic E-state index is 13.1. The Bertz CT molecular complexity index is 1140. The highest BCUT2D eigenvalue weighted by Crippen LogP contribution is 2.37. The standard InChI is InChI=1S/C24H25N3O6/c1-4-5-15-6-8-16(9-7-15)24(3)22(30)27(23(31)26-24)12-21(29)25-18-11-20-19(32-13-33-20)10-17(18)14(2)28/h6-11H,4-5,12-13H2,1-3H3,(H,25,29)(H,26,31). The fraction of sp³-hybridized carbons (Fsp3) is 0.333. The van der Waals surface area contributed by atoms with Gasteiger partial charge in [0, 0.05) is 11.6 Å². The van der Waals surface area contributed by atoms with Gasteiger partial charge in [0.1, 0.15) is 12.1 Å². The molecule has 1 saturated heterocycles. The van der Waals surface area contributed by atoms with Crippen LogP contribution >= 0.6 is 0 Å². The minimum Gasteiger partial charge on any atom is -0.454 e. The predicted molar refractivity (Wildman–Crippen MR) is 119 cm³/mol. The van der Waals surface area contributed by atoms with E-state index in [-0.39, 0.29) is 23.8 Å². The summed E-state index contributed by atoms with van der Waals surface area (Å²) in [6.07, 6.45) is 1.93. The summed E-state index contributed by atoms with van der Waals surface area (Å²) >= 11 is 0. The molecule has 1 fully saturated rings. The highest BCUT2D eigenvalue weighted by atomic mass is 16.7. The highest BCUT2D eigenvalue weighted by Gasteiger charge is 2.49. The van der Waals surface area contributed by atoms with Crippen molar-refractivity contribution >= 4 is 29.3 Å². The van der Waals surface area contributed by atoms with Crippen LogP contribution in [-0.4, -0.2) is 41.9 Å². The molecule has 9 nitrogen and oxygen atoms in total. The molecule has 4 amide bonds. The molecule has 172 valence electrons. The van der Waals surface area contributed by atoms with E-state index < -0.39 is 29.9 Å². The molecule has 2 aliphatic rings. The minimum atomic E-state index is -1.27. The van der Waals surface area contributed by atoms with Crippen LogP contribution in [0.2, 0.25) is 0 Å². The van der Waals surface area contributed by atoms with Crippen molar-refractivity contribution in [1.82, 2.24) is 10.2 Å². The number of rotatable bonds is 7. The van der Waals surface area contributed by atoms with Gasteiger partial charge in [0.15, 0.2) is 17.3 Å². The minimum absolute atomic E-state index is 0.0184. The molecule has 2 aliphatic heterocycles. The molecule has 1 unspecified atom stereocenters. The molecule has 2 N–H and O–H groups in total. The summed E-state index contributed by atoms with van der Waals surface area (Å²) < 4.78 is 10.6. The van der Waals surface area contributed by atoms with E-state index in [4.69, 9.17) is 9.47 Å². The lowest BCUT2D eigenvalue weighted by molar-refractivity contribution is -0.133. The third-order valence-electron chi connectivity index (χ3n) is 5.81. The number of hydrogen-bond acceptors (Lipinski definition) is 6. The first-order chi connectivity index (χ1) is 15.7. The Morgan fingerprint density at radius 3 is 2.42 bits per heavy atom. The van der Waals surface area contributed by atoms with Crippen molar-refractivity contribution in [3.05, 3.63) is 53.1 Å². The fourth-order valence-corrected chi connectivity index (χ4v) is 4.00. The number of benzene rings is 2. The van der Waals surface area contributed by atoms with E-state index in [2.05, 4.69) is 17.6 Å². The lowest BCUT2D eigenvalue weighted by atomic mass is 9.91. The predicted octanol–water partition coefficient (Wildman–Crippen LogP) is 2.98. The van der Waals surface area contributed by atoms with Gasteiger partial charge in [-0.05, 0) is 37.5 Å². The molecule has 0 aromatic heterocycles. The van der Waals surface area contributed by atoms with Crippen LogP contribution in [0, 0.1) is 0 Å². The third kappa shape index (κ3) is 4.13. The van der Waals surface area contributed by atoms with E-state index in [0.717, 1.165) is 23.3 Å². The summed E-state index contributed by atoms with van der Waals surface area (Å²) in [5.74, 6) is -0.624. The molecule has 2 aromatic rings. The van der Waals surface area contributed by atoms with Crippen molar-refractivity contribution in [3.63, 3.8) is 0 Å². The second kappa shape index (κ2) is 8.57. The van der Waals surface area contributed by atoms with Crippen molar-refractivity contribution in [1.29, 1.82) is 0 Å². The Labute approximate surface area is 191 Å². The van der Waals surface area contributed by atoms with Gasteiger partial charge in [0.2, 0.25) is 12.7 Å². The Morgan fingerprint density at radius 1 is 1.12 bits per heavy atom. The number of urea groups is 1. The molecule has 4 rings (SSSR count). The summed E-state index contributed by atoms with van der Waals surface area (Å²) in [6.45, 7) is 4.58. The summed E-state index contributed by atoms with van der Waals surface area (Å²) in [6, 6.07) is 9.83. The van der Waals surface area contributed by atoms with Crippen molar-refractivity contribution in [2.45, 2.75) is 39.2 Å². The van der Waals surface area contributed by atoms with Gasteiger partial charge in [-0.3, -0.25) is 19.3 Å². The molecule has 0 bridgehead atoms. The van der Waals surface area contributed by atoms with Crippen LogP contribution in [0.4, 0.5) is 10.5 Å². The number of Topliss-reactive ketones (excluding diaryl/α,β-unsaturated/α-hetero) is 1. The highest BCUT2D eigenvalue weighted by molar-refractivity contribution is 6.11. The van der Waals surface area contributed by atoms with Gasteiger partial charge in [0.25, 0.3) is 5.91 Å². The molecule has 2 heterocycles. The lowest BCUT2D eigenvalue weighted by Crippen LogP contribution is -2.42. The summed E-state index contributed by atoms with van der Waals surface area (Å²) in [7, 11) is 0. The zero-order valence-corrected chi connectivity index (χ0v) is 18.7. The molecular weight excluding hydrogens is 426 g/mol. The number of nitrogens with one attached hydrogen (secondary N) is 2. The smallest absolute Gasteiger partial charge is 0.325 e. The topological polar surface area (TPSA) is 114 Å². The van der Waals surface area contributed by atoms with Crippen molar-refractivity contribution in [2.24, 2.45) is 0 Å². The monoisotopic (exact) mass is 451 g/mol. The fourth-order valence-electron chi connectivity index (χ4n) is 4.00. The molecular formula is C24H25N3O6. The van der Waals surface area contributed by atoms with Crippen molar-refractivity contribution < 1.29 is 28.7 Å². The average Bonchev–Trinajstić information content (AvgIpc) is 3.32. The maximum Gasteiger partial charge on any atom is 0.325 e. The number of anilines is 1. The number of aryl methyl sites for hydroxylation is 1. The van der Waals surface area contributed by atoms with Crippen LogP contribution in [-0.2, 0) is 21.5 Å². The van der Waals surface area contributed by atoms with Gasteiger partial charge in [-0.1, -0.05) is 37.6 Å². The molecule has 9 heteroatoms. The van der Waals surface area contributed by atoms with Gasteiger partial charge < -0.3 is 20.1 Å². The Morgan fingerprint density at radius 2 is 1.79 bits per heavy atom. The van der Waals surface area contributed by atoms with E-state index in [1.54, 1.807) is 6.92 Å². The number of fused-ring (bicyclic) bond motifs is 1. The number of amides is 4. The lowest BCUT2D eigenvalue weighted by Gasteiger charge is -2.22. The quantitative estimate of drug-likeness (QED) is 0.494. The van der Waals surface area contributed by atoms with Crippen LogP contribution in [0.3, 0.4) is 0 Å². The number of ether oxygens (including phenoxy) is 2. The number of hydrogen-bond donors (Lipinski definition) is 2. The SMILES string of the molecule is CCCc1ccc(C2(C)NC(=O)N(CC(=O)Nc3cc4c(cc3C(C)=O)OCO4)C2=O)cc1. The second-order valence-electron chi connectivity index (χ2n) is 8.25. The maximum atomic E-state index is 13.1. The van der Waals surface area contributed by atoms with Gasteiger partial charge in [-0.15, -0.1) is 0 Å². The molecule has 0 aliphatic carbocycles. The zero-order chi connectivity index (χ0) is 23.8. The number of ketones is 1. The van der Waals surface area contributed by atoms with Gasteiger partial charge in [0.05, 0.1) is 5.69 Å². The van der Waals surface area contributed by atoms with Crippen LogP contribution in [0.25, 0.3) is 0 Å². The molecule has 2 aromatic carbocycles. The largest absolute Gasteiger partial charge is 0.454 e. The number of carbonyl (C=O) groups excluding carboxylic acids is 4. The first kappa shape index (κ1) is 22.3. The molecule has 0 radical (unpaired) electrons. The Balaban J connectivity index is 1.50. The second-order valence-corrected chi connectivity index (χ2v) is 8.25. The number of nitrogens with zero attached hydrogens (tertiary/aromatic N) is 1. The molecule has 0 saturated carbocycles. The number of imide groups is 1. The summed E-state index contributed by atoms with van der Waals surface area (Å²) in [4.78, 5) is 51.3. The summed E-state index contributed by atoms with van der Waals surface area (Å²) in [5, 5.41) is 5.31. The van der Waals surface area contributed by atoms with E-state index in [1.165, 1.54) is 19.1 Å². The number of carbonyl (C=O) groups is 4. The molecule has 1 atom stereocenters. The van der Waals surface area contributed by atoms with Gasteiger partial charge in [-0.2, -0.15) is 0 Å². The van der Waals surface area contributed by atoms with Crippen LogP contribution in [0.5, 0.6) is 11.5 Å².